The van der Waals surface area contributed by atoms with E-state index in [-0.39, 0.29) is 11.6 Å². The highest BCUT2D eigenvalue weighted by Gasteiger charge is 2.37. The van der Waals surface area contributed by atoms with Gasteiger partial charge in [0.15, 0.2) is 0 Å². The second-order valence-electron chi connectivity index (χ2n) is 6.83. The summed E-state index contributed by atoms with van der Waals surface area (Å²) in [7, 11) is -3.50. The summed E-state index contributed by atoms with van der Waals surface area (Å²) in [5.41, 5.74) is 0.701. The Hall–Kier alpha value is -1.11. The number of fused-ring (bicyclic) bond motifs is 1. The van der Waals surface area contributed by atoms with E-state index < -0.39 is 10.0 Å². The maximum atomic E-state index is 13.1. The van der Waals surface area contributed by atoms with Crippen LogP contribution in [0.4, 0.5) is 0 Å². The molecule has 0 amide bonds. The van der Waals surface area contributed by atoms with Gasteiger partial charge in [-0.15, -0.1) is 0 Å². The molecule has 23 heavy (non-hydrogen) atoms. The number of ether oxygens (including phenoxy) is 2. The topological polar surface area (TPSA) is 55.8 Å². The van der Waals surface area contributed by atoms with E-state index in [0.29, 0.717) is 31.1 Å². The summed E-state index contributed by atoms with van der Waals surface area (Å²) in [5.74, 6) is 0.805. The van der Waals surface area contributed by atoms with Crippen molar-refractivity contribution in [1.29, 1.82) is 0 Å². The van der Waals surface area contributed by atoms with Gasteiger partial charge in [-0.1, -0.05) is 6.92 Å². The molecule has 1 aromatic carbocycles. The molecule has 1 unspecified atom stereocenters. The Bertz CT molecular complexity index is 684. The molecule has 3 rings (SSSR count). The molecule has 5 nitrogen and oxygen atoms in total. The zero-order valence-corrected chi connectivity index (χ0v) is 14.9. The van der Waals surface area contributed by atoms with Crippen LogP contribution in [0.15, 0.2) is 23.1 Å². The minimum absolute atomic E-state index is 0.0155. The van der Waals surface area contributed by atoms with Gasteiger partial charge < -0.3 is 9.47 Å². The Morgan fingerprint density at radius 2 is 2.09 bits per heavy atom. The fourth-order valence-corrected chi connectivity index (χ4v) is 5.24. The van der Waals surface area contributed by atoms with Gasteiger partial charge in [0.2, 0.25) is 10.0 Å². The molecule has 1 atom stereocenters. The molecule has 0 saturated carbocycles. The lowest BCUT2D eigenvalue weighted by molar-refractivity contribution is -0.0724. The molecule has 1 fully saturated rings. The van der Waals surface area contributed by atoms with Crippen molar-refractivity contribution in [3.05, 3.63) is 23.8 Å². The van der Waals surface area contributed by atoms with Gasteiger partial charge in [0.05, 0.1) is 17.1 Å². The van der Waals surface area contributed by atoms with E-state index in [2.05, 4.69) is 0 Å². The van der Waals surface area contributed by atoms with Crippen molar-refractivity contribution in [1.82, 2.24) is 4.31 Å². The molecule has 128 valence electrons. The van der Waals surface area contributed by atoms with Crippen molar-refractivity contribution in [2.45, 2.75) is 56.6 Å². The predicted molar refractivity (Wildman–Crippen MR) is 88.3 cm³/mol. The number of hydrogen-bond donors (Lipinski definition) is 0. The minimum atomic E-state index is -3.50. The van der Waals surface area contributed by atoms with Crippen LogP contribution in [0, 0.1) is 0 Å². The van der Waals surface area contributed by atoms with Crippen molar-refractivity contribution < 1.29 is 17.9 Å². The average Bonchev–Trinajstić information content (AvgIpc) is 2.94. The van der Waals surface area contributed by atoms with E-state index in [9.17, 15) is 8.42 Å². The standard InChI is InChI=1S/C17H25NO4S/c1-4-18(14-8-10-22-17(2,3)12-14)23(19,20)15-5-6-16-13(11-15)7-9-21-16/h5-6,11,14H,4,7-10,12H2,1-3H3. The summed E-state index contributed by atoms with van der Waals surface area (Å²) in [6.45, 7) is 7.64. The quantitative estimate of drug-likeness (QED) is 0.846. The Morgan fingerprint density at radius 3 is 2.78 bits per heavy atom. The number of rotatable bonds is 4. The molecule has 0 bridgehead atoms. The number of sulfonamides is 1. The molecule has 0 radical (unpaired) electrons. The SMILES string of the molecule is CCN(C1CCOC(C)(C)C1)S(=O)(=O)c1ccc2c(c1)CCO2. The fraction of sp³-hybridized carbons (Fsp3) is 0.647. The number of hydrogen-bond acceptors (Lipinski definition) is 4. The Kier molecular flexibility index (Phi) is 4.42. The van der Waals surface area contributed by atoms with E-state index in [1.165, 1.54) is 0 Å². The highest BCUT2D eigenvalue weighted by Crippen LogP contribution is 2.33. The van der Waals surface area contributed by atoms with Crippen LogP contribution in [0.3, 0.4) is 0 Å². The van der Waals surface area contributed by atoms with Crippen LogP contribution < -0.4 is 4.74 Å². The first-order valence-electron chi connectivity index (χ1n) is 8.25. The van der Waals surface area contributed by atoms with Crippen LogP contribution in [-0.2, 0) is 21.2 Å². The van der Waals surface area contributed by atoms with Crippen molar-refractivity contribution in [2.75, 3.05) is 19.8 Å². The van der Waals surface area contributed by atoms with Crippen molar-refractivity contribution in [3.63, 3.8) is 0 Å². The van der Waals surface area contributed by atoms with E-state index in [4.69, 9.17) is 9.47 Å². The van der Waals surface area contributed by atoms with Gasteiger partial charge in [0.25, 0.3) is 0 Å². The second kappa shape index (κ2) is 6.07. The first-order valence-corrected chi connectivity index (χ1v) is 9.69. The second-order valence-corrected chi connectivity index (χ2v) is 8.72. The Morgan fingerprint density at radius 1 is 1.30 bits per heavy atom. The van der Waals surface area contributed by atoms with Crippen LogP contribution in [0.1, 0.15) is 39.2 Å². The van der Waals surface area contributed by atoms with Crippen LogP contribution in [0.5, 0.6) is 5.75 Å². The summed E-state index contributed by atoms with van der Waals surface area (Å²) >= 11 is 0. The van der Waals surface area contributed by atoms with Crippen LogP contribution in [-0.4, -0.2) is 44.1 Å². The summed E-state index contributed by atoms with van der Waals surface area (Å²) in [5, 5.41) is 0. The third-order valence-corrected chi connectivity index (χ3v) is 6.68. The number of benzene rings is 1. The zero-order valence-electron chi connectivity index (χ0n) is 14.0. The van der Waals surface area contributed by atoms with E-state index in [1.54, 1.807) is 22.5 Å². The average molecular weight is 339 g/mol. The number of nitrogens with zero attached hydrogens (tertiary/aromatic N) is 1. The maximum absolute atomic E-state index is 13.1. The van der Waals surface area contributed by atoms with Gasteiger partial charge >= 0.3 is 0 Å². The molecular formula is C17H25NO4S. The summed E-state index contributed by atoms with van der Waals surface area (Å²) in [6, 6.07) is 5.19. The van der Waals surface area contributed by atoms with E-state index in [1.807, 2.05) is 20.8 Å². The van der Waals surface area contributed by atoms with Gasteiger partial charge in [-0.2, -0.15) is 4.31 Å². The molecule has 1 aromatic rings. The molecule has 1 saturated heterocycles. The van der Waals surface area contributed by atoms with Gasteiger partial charge in [0.1, 0.15) is 5.75 Å². The molecule has 6 heteroatoms. The van der Waals surface area contributed by atoms with E-state index in [0.717, 1.165) is 24.2 Å². The monoisotopic (exact) mass is 339 g/mol. The fourth-order valence-electron chi connectivity index (χ4n) is 3.53. The normalized spacial score (nSPS) is 23.6. The zero-order chi connectivity index (χ0) is 16.7. The van der Waals surface area contributed by atoms with E-state index >= 15 is 0 Å². The minimum Gasteiger partial charge on any atom is -0.493 e. The maximum Gasteiger partial charge on any atom is 0.243 e. The molecule has 0 aromatic heterocycles. The Labute approximate surface area is 138 Å². The third-order valence-electron chi connectivity index (χ3n) is 4.66. The van der Waals surface area contributed by atoms with Gasteiger partial charge in [-0.05, 0) is 50.5 Å². The molecule has 0 spiro atoms. The predicted octanol–water partition coefficient (Wildman–Crippen LogP) is 2.59. The molecule has 0 aliphatic carbocycles. The molecule has 2 heterocycles. The van der Waals surface area contributed by atoms with Crippen LogP contribution in [0.25, 0.3) is 0 Å². The molecular weight excluding hydrogens is 314 g/mol. The van der Waals surface area contributed by atoms with Crippen LogP contribution in [0.2, 0.25) is 0 Å². The van der Waals surface area contributed by atoms with Gasteiger partial charge in [-0.3, -0.25) is 0 Å². The third kappa shape index (κ3) is 3.25. The van der Waals surface area contributed by atoms with Crippen molar-refractivity contribution >= 4 is 10.0 Å². The highest BCUT2D eigenvalue weighted by atomic mass is 32.2. The first kappa shape index (κ1) is 16.7. The van der Waals surface area contributed by atoms with Crippen molar-refractivity contribution in [2.24, 2.45) is 0 Å². The summed E-state index contributed by atoms with van der Waals surface area (Å²) in [4.78, 5) is 0.368. The smallest absolute Gasteiger partial charge is 0.243 e. The largest absolute Gasteiger partial charge is 0.493 e. The van der Waals surface area contributed by atoms with Crippen molar-refractivity contribution in [3.8, 4) is 5.75 Å². The first-order chi connectivity index (χ1) is 10.8. The molecule has 2 aliphatic heterocycles. The Balaban J connectivity index is 1.90. The summed E-state index contributed by atoms with van der Waals surface area (Å²) < 4.78 is 39.1. The van der Waals surface area contributed by atoms with Gasteiger partial charge in [-0.25, -0.2) is 8.42 Å². The summed E-state index contributed by atoms with van der Waals surface area (Å²) in [6.07, 6.45) is 2.23. The van der Waals surface area contributed by atoms with Crippen LogP contribution >= 0.6 is 0 Å². The van der Waals surface area contributed by atoms with Gasteiger partial charge in [0, 0.05) is 25.6 Å². The molecule has 2 aliphatic rings. The molecule has 0 N–H and O–H groups in total. The lowest BCUT2D eigenvalue weighted by atomic mass is 9.94. The highest BCUT2D eigenvalue weighted by molar-refractivity contribution is 7.89. The lowest BCUT2D eigenvalue weighted by Gasteiger charge is -2.40. The lowest BCUT2D eigenvalue weighted by Crippen LogP contribution is -2.48.